The van der Waals surface area contributed by atoms with Crippen LogP contribution in [0.5, 0.6) is 0 Å². The summed E-state index contributed by atoms with van der Waals surface area (Å²) in [6.07, 6.45) is 14.5. The molecule has 2 fully saturated rings. The van der Waals surface area contributed by atoms with Crippen molar-refractivity contribution in [3.63, 3.8) is 0 Å². The van der Waals surface area contributed by atoms with Crippen LogP contribution in [0.4, 0.5) is 0 Å². The highest BCUT2D eigenvalue weighted by molar-refractivity contribution is 5.70. The summed E-state index contributed by atoms with van der Waals surface area (Å²) in [7, 11) is 2.02. The van der Waals surface area contributed by atoms with Crippen LogP contribution in [0.2, 0.25) is 0 Å². The Kier molecular flexibility index (Phi) is 18.3. The maximum Gasteiger partial charge on any atom is 0.214 e. The molecule has 0 aromatic heterocycles. The number of ether oxygens (including phenoxy) is 3. The van der Waals surface area contributed by atoms with Gasteiger partial charge in [-0.15, -0.1) is 0 Å². The second-order valence-electron chi connectivity index (χ2n) is 9.35. The summed E-state index contributed by atoms with van der Waals surface area (Å²) in [6.45, 7) is 13.2. The molecule has 0 saturated carbocycles. The van der Waals surface area contributed by atoms with Crippen LogP contribution in [0.1, 0.15) is 60.8 Å². The van der Waals surface area contributed by atoms with Gasteiger partial charge in [0.25, 0.3) is 0 Å². The van der Waals surface area contributed by atoms with Crippen LogP contribution in [0, 0.1) is 5.92 Å². The van der Waals surface area contributed by atoms with Crippen LogP contribution in [-0.4, -0.2) is 69.0 Å². The molecule has 0 spiro atoms. The van der Waals surface area contributed by atoms with E-state index in [0.717, 1.165) is 12.8 Å². The minimum Gasteiger partial charge on any atom is -0.376 e. The quantitative estimate of drug-likeness (QED) is 0.281. The number of primary amides is 1. The smallest absolute Gasteiger partial charge is 0.214 e. The second-order valence-corrected chi connectivity index (χ2v) is 9.35. The number of nitrogens with two attached hydrogens (primary N) is 2. The van der Waals surface area contributed by atoms with Crippen LogP contribution in [0.3, 0.4) is 0 Å². The summed E-state index contributed by atoms with van der Waals surface area (Å²) >= 11 is 0. The van der Waals surface area contributed by atoms with E-state index in [1.54, 1.807) is 13.0 Å². The Morgan fingerprint density at radius 2 is 1.77 bits per heavy atom. The van der Waals surface area contributed by atoms with E-state index < -0.39 is 0 Å². The molecular weight excluding hydrogens is 446 g/mol. The molecule has 1 amide bonds. The topological polar surface area (TPSA) is 126 Å². The summed E-state index contributed by atoms with van der Waals surface area (Å²) in [5, 5.41) is 3.36. The van der Waals surface area contributed by atoms with Crippen molar-refractivity contribution in [3.05, 3.63) is 36.0 Å². The number of allylic oxidation sites excluding steroid dienone is 3. The average Bonchev–Trinajstić information content (AvgIpc) is 3.00. The molecule has 2 rings (SSSR count). The van der Waals surface area contributed by atoms with E-state index in [9.17, 15) is 9.59 Å². The summed E-state index contributed by atoms with van der Waals surface area (Å²) in [4.78, 5) is 18.8. The van der Waals surface area contributed by atoms with E-state index in [-0.39, 0.29) is 30.3 Å². The molecule has 0 aliphatic carbocycles. The molecule has 0 aromatic carbocycles. The fourth-order valence-electron chi connectivity index (χ4n) is 3.79. The van der Waals surface area contributed by atoms with E-state index in [1.807, 2.05) is 7.05 Å². The zero-order valence-electron chi connectivity index (χ0n) is 22.7. The molecule has 2 aliphatic heterocycles. The van der Waals surface area contributed by atoms with Gasteiger partial charge in [-0.2, -0.15) is 0 Å². The average molecular weight is 496 g/mol. The minimum absolute atomic E-state index is 0.00907. The molecule has 2 heterocycles. The van der Waals surface area contributed by atoms with Gasteiger partial charge in [0.1, 0.15) is 6.29 Å². The Balaban J connectivity index is 0.000000878. The standard InChI is InChI=1S/C20H35NO3.C5H9NO.C2H5NO/c1-14(6-8-18-13-16(3)22-10-11-23-18)7-9-20-15(2)12-19(21-5)17(4)24-20;1-5(6)3-2-4-7;1-2(3)4/h6-8,15-21H,9-13H2,1-5H3;2-5H,6H2,1H3;1H3,(H2,3,4)/b8-6+,14-7+;3-2-;. The lowest BCUT2D eigenvalue weighted by Gasteiger charge is -2.38. The number of hydrogen-bond donors (Lipinski definition) is 3. The summed E-state index contributed by atoms with van der Waals surface area (Å²) < 4.78 is 17.6. The van der Waals surface area contributed by atoms with Crippen LogP contribution in [-0.2, 0) is 23.8 Å². The van der Waals surface area contributed by atoms with Gasteiger partial charge in [-0.1, -0.05) is 36.8 Å². The van der Waals surface area contributed by atoms with E-state index in [1.165, 1.54) is 25.0 Å². The van der Waals surface area contributed by atoms with Crippen LogP contribution < -0.4 is 16.8 Å². The van der Waals surface area contributed by atoms with Gasteiger partial charge >= 0.3 is 0 Å². The first-order valence-electron chi connectivity index (χ1n) is 12.5. The number of carbonyl (C=O) groups excluding carboxylic acids is 2. The normalized spacial score (nSPS) is 30.5. The molecule has 7 atom stereocenters. The predicted octanol–water partition coefficient (Wildman–Crippen LogP) is 3.05. The third kappa shape index (κ3) is 17.3. The number of amides is 1. The first-order valence-corrected chi connectivity index (χ1v) is 12.5. The van der Waals surface area contributed by atoms with Gasteiger partial charge in [0.15, 0.2) is 0 Å². The minimum atomic E-state index is -0.333. The molecule has 35 heavy (non-hydrogen) atoms. The van der Waals surface area contributed by atoms with Gasteiger partial charge in [0, 0.05) is 25.4 Å². The van der Waals surface area contributed by atoms with Crippen LogP contribution in [0.15, 0.2) is 36.0 Å². The van der Waals surface area contributed by atoms with E-state index in [0.29, 0.717) is 37.6 Å². The number of rotatable bonds is 7. The first kappa shape index (κ1) is 33.2. The molecule has 0 aromatic rings. The lowest BCUT2D eigenvalue weighted by Crippen LogP contribution is -2.47. The predicted molar refractivity (Wildman–Crippen MR) is 142 cm³/mol. The Hall–Kier alpha value is -1.84. The molecule has 0 radical (unpaired) electrons. The van der Waals surface area contributed by atoms with Gasteiger partial charge in [-0.25, -0.2) is 0 Å². The summed E-state index contributed by atoms with van der Waals surface area (Å²) in [5.74, 6) is 0.245. The van der Waals surface area contributed by atoms with Crippen LogP contribution >= 0.6 is 0 Å². The van der Waals surface area contributed by atoms with Crippen molar-refractivity contribution in [1.82, 2.24) is 5.32 Å². The maximum atomic E-state index is 9.57. The highest BCUT2D eigenvalue weighted by Crippen LogP contribution is 2.27. The number of aldehydes is 1. The monoisotopic (exact) mass is 495 g/mol. The first-order chi connectivity index (χ1) is 16.5. The Morgan fingerprint density at radius 3 is 2.31 bits per heavy atom. The number of carbonyl (C=O) groups is 2. The Morgan fingerprint density at radius 1 is 1.14 bits per heavy atom. The highest BCUT2D eigenvalue weighted by Gasteiger charge is 2.31. The van der Waals surface area contributed by atoms with Crippen molar-refractivity contribution in [2.45, 2.75) is 97.3 Å². The summed E-state index contributed by atoms with van der Waals surface area (Å²) in [5.41, 5.74) is 11.0. The Labute approximate surface area is 212 Å². The molecule has 5 N–H and O–H groups in total. The highest BCUT2D eigenvalue weighted by atomic mass is 16.5. The molecule has 2 saturated heterocycles. The van der Waals surface area contributed by atoms with Gasteiger partial charge < -0.3 is 31.0 Å². The number of likely N-dealkylation sites (N-methyl/N-ethyl adjacent to an activating group) is 1. The van der Waals surface area contributed by atoms with Crippen LogP contribution in [0.25, 0.3) is 0 Å². The fourth-order valence-corrected chi connectivity index (χ4v) is 3.79. The molecule has 202 valence electrons. The van der Waals surface area contributed by atoms with Gasteiger partial charge in [0.05, 0.1) is 37.6 Å². The fraction of sp³-hybridized carbons (Fsp3) is 0.704. The molecule has 8 nitrogen and oxygen atoms in total. The summed E-state index contributed by atoms with van der Waals surface area (Å²) in [6, 6.07) is 0.461. The van der Waals surface area contributed by atoms with Gasteiger partial charge in [0.2, 0.25) is 5.91 Å². The van der Waals surface area contributed by atoms with Crippen molar-refractivity contribution < 1.29 is 23.8 Å². The van der Waals surface area contributed by atoms with E-state index in [4.69, 9.17) is 19.9 Å². The van der Waals surface area contributed by atoms with Gasteiger partial charge in [-0.05, 0) is 59.6 Å². The molecule has 7 unspecified atom stereocenters. The van der Waals surface area contributed by atoms with Crippen molar-refractivity contribution in [2.75, 3.05) is 20.3 Å². The SMILES string of the molecule is CC(N)/C=C\C=O.CC(N)=O.CNC1CC(C)C(C/C=C(C)/C=C/C2CC(C)OCCO2)OC1C. The molecule has 2 aliphatic rings. The van der Waals surface area contributed by atoms with E-state index >= 15 is 0 Å². The molecule has 8 heteroatoms. The Bertz CT molecular complexity index is 674. The zero-order valence-corrected chi connectivity index (χ0v) is 22.7. The lowest BCUT2D eigenvalue weighted by molar-refractivity contribution is -0.116. The van der Waals surface area contributed by atoms with Crippen molar-refractivity contribution in [1.29, 1.82) is 0 Å². The number of nitrogens with one attached hydrogen (secondary N) is 1. The van der Waals surface area contributed by atoms with Crippen molar-refractivity contribution in [3.8, 4) is 0 Å². The van der Waals surface area contributed by atoms with Crippen molar-refractivity contribution >= 4 is 12.2 Å². The zero-order chi connectivity index (χ0) is 26.8. The van der Waals surface area contributed by atoms with Gasteiger partial charge in [-0.3, -0.25) is 9.59 Å². The third-order valence-corrected chi connectivity index (χ3v) is 5.71. The maximum absolute atomic E-state index is 9.57. The second kappa shape index (κ2) is 19.4. The largest absolute Gasteiger partial charge is 0.376 e. The molecule has 0 bridgehead atoms. The van der Waals surface area contributed by atoms with E-state index in [2.05, 4.69) is 57.0 Å². The number of hydrogen-bond acceptors (Lipinski definition) is 7. The van der Waals surface area contributed by atoms with Crippen molar-refractivity contribution in [2.24, 2.45) is 17.4 Å². The lowest BCUT2D eigenvalue weighted by atomic mass is 9.88. The third-order valence-electron chi connectivity index (χ3n) is 5.71. The molecular formula is C27H49N3O5.